The minimum absolute atomic E-state index is 0.0600. The van der Waals surface area contributed by atoms with Crippen molar-refractivity contribution >= 4 is 11.8 Å². The van der Waals surface area contributed by atoms with Crippen LogP contribution in [0.15, 0.2) is 12.3 Å². The number of nitrogens with zero attached hydrogens (tertiary/aromatic N) is 3. The van der Waals surface area contributed by atoms with Gasteiger partial charge < -0.3 is 10.2 Å². The average molecular weight is 291 g/mol. The van der Waals surface area contributed by atoms with Gasteiger partial charge in [0.1, 0.15) is 0 Å². The summed E-state index contributed by atoms with van der Waals surface area (Å²) < 4.78 is 0. The highest BCUT2D eigenvalue weighted by Gasteiger charge is 2.26. The molecule has 0 aliphatic carbocycles. The molecule has 0 saturated carbocycles. The first-order chi connectivity index (χ1) is 10.2. The van der Waals surface area contributed by atoms with Gasteiger partial charge in [-0.1, -0.05) is 0 Å². The Hall–Kier alpha value is -1.89. The third kappa shape index (κ3) is 3.41. The minimum atomic E-state index is -0.0625. The van der Waals surface area contributed by atoms with Crippen LogP contribution in [0.25, 0.3) is 0 Å². The van der Waals surface area contributed by atoms with Crippen LogP contribution in [-0.2, 0) is 9.59 Å². The summed E-state index contributed by atoms with van der Waals surface area (Å²) in [5.41, 5.74) is 1.19. The van der Waals surface area contributed by atoms with Crippen molar-refractivity contribution in [2.75, 3.05) is 39.3 Å². The number of piperazine rings is 1. The van der Waals surface area contributed by atoms with Crippen LogP contribution in [0.1, 0.15) is 24.5 Å². The number of carbonyl (C=O) groups is 2. The van der Waals surface area contributed by atoms with Gasteiger partial charge in [0.05, 0.1) is 13.1 Å². The molecule has 1 aromatic heterocycles. The van der Waals surface area contributed by atoms with Gasteiger partial charge in [-0.15, -0.1) is 0 Å². The molecule has 7 nitrogen and oxygen atoms in total. The van der Waals surface area contributed by atoms with E-state index < -0.39 is 0 Å². The Morgan fingerprint density at radius 1 is 1.33 bits per heavy atom. The molecule has 3 rings (SSSR count). The van der Waals surface area contributed by atoms with Gasteiger partial charge in [-0.2, -0.15) is 5.10 Å². The molecule has 2 amide bonds. The summed E-state index contributed by atoms with van der Waals surface area (Å²) in [6.45, 7) is 3.62. The number of hydrogen-bond donors (Lipinski definition) is 2. The summed E-state index contributed by atoms with van der Waals surface area (Å²) in [6, 6.07) is 2.03. The van der Waals surface area contributed by atoms with Crippen molar-refractivity contribution in [2.24, 2.45) is 0 Å². The Kier molecular flexibility index (Phi) is 4.19. The standard InChI is InChI=1S/C14H21N5O2/c20-13-9-19(8-5-15-13)14(21)10-18-6-2-11(3-7-18)12-1-4-16-17-12/h1,4,11H,2-3,5-10H2,(H,15,20)(H,16,17). The lowest BCUT2D eigenvalue weighted by atomic mass is 9.94. The van der Waals surface area contributed by atoms with Crippen molar-refractivity contribution in [3.05, 3.63) is 18.0 Å². The maximum atomic E-state index is 12.2. The molecule has 114 valence electrons. The largest absolute Gasteiger partial charge is 0.353 e. The minimum Gasteiger partial charge on any atom is -0.353 e. The molecule has 1 aromatic rings. The normalized spacial score (nSPS) is 21.3. The molecule has 2 aliphatic rings. The molecular weight excluding hydrogens is 270 g/mol. The summed E-state index contributed by atoms with van der Waals surface area (Å²) in [5, 5.41) is 9.76. The third-order valence-corrected chi connectivity index (χ3v) is 4.30. The van der Waals surface area contributed by atoms with Crippen LogP contribution in [0.3, 0.4) is 0 Å². The lowest BCUT2D eigenvalue weighted by Crippen LogP contribution is -2.52. The van der Waals surface area contributed by atoms with Gasteiger partial charge in [0.25, 0.3) is 0 Å². The number of aromatic nitrogens is 2. The highest BCUT2D eigenvalue weighted by molar-refractivity contribution is 5.86. The zero-order chi connectivity index (χ0) is 14.7. The first kappa shape index (κ1) is 14.1. The zero-order valence-electron chi connectivity index (χ0n) is 12.0. The summed E-state index contributed by atoms with van der Waals surface area (Å²) in [4.78, 5) is 27.4. The van der Waals surface area contributed by atoms with E-state index in [-0.39, 0.29) is 18.4 Å². The van der Waals surface area contributed by atoms with Crippen LogP contribution in [0.5, 0.6) is 0 Å². The number of H-pyrrole nitrogens is 1. The number of carbonyl (C=O) groups excluding carboxylic acids is 2. The van der Waals surface area contributed by atoms with E-state index in [4.69, 9.17) is 0 Å². The van der Waals surface area contributed by atoms with Crippen molar-refractivity contribution < 1.29 is 9.59 Å². The van der Waals surface area contributed by atoms with E-state index in [1.54, 1.807) is 11.1 Å². The lowest BCUT2D eigenvalue weighted by molar-refractivity contribution is -0.139. The van der Waals surface area contributed by atoms with Gasteiger partial charge in [-0.3, -0.25) is 19.6 Å². The topological polar surface area (TPSA) is 81.3 Å². The Bertz CT molecular complexity index is 493. The van der Waals surface area contributed by atoms with E-state index in [9.17, 15) is 9.59 Å². The monoisotopic (exact) mass is 291 g/mol. The number of rotatable bonds is 3. The Labute approximate surface area is 123 Å². The quantitative estimate of drug-likeness (QED) is 0.790. The molecule has 2 N–H and O–H groups in total. The number of hydrogen-bond acceptors (Lipinski definition) is 4. The number of likely N-dealkylation sites (tertiary alicyclic amines) is 1. The number of nitrogens with one attached hydrogen (secondary N) is 2. The Balaban J connectivity index is 1.46. The predicted molar refractivity (Wildman–Crippen MR) is 76.6 cm³/mol. The summed E-state index contributed by atoms with van der Waals surface area (Å²) >= 11 is 0. The SMILES string of the molecule is O=C1CN(C(=O)CN2CCC(c3ccn[nH]3)CC2)CCN1. The molecule has 0 atom stereocenters. The van der Waals surface area contributed by atoms with Crippen molar-refractivity contribution in [1.82, 2.24) is 25.3 Å². The maximum absolute atomic E-state index is 12.2. The molecular formula is C14H21N5O2. The molecule has 21 heavy (non-hydrogen) atoms. The van der Waals surface area contributed by atoms with Crippen LogP contribution < -0.4 is 5.32 Å². The molecule has 0 radical (unpaired) electrons. The van der Waals surface area contributed by atoms with Crippen LogP contribution in [0.2, 0.25) is 0 Å². The van der Waals surface area contributed by atoms with Crippen LogP contribution in [0, 0.1) is 0 Å². The van der Waals surface area contributed by atoms with Gasteiger partial charge in [0, 0.05) is 30.9 Å². The number of aromatic amines is 1. The van der Waals surface area contributed by atoms with Gasteiger partial charge in [0.15, 0.2) is 0 Å². The van der Waals surface area contributed by atoms with Crippen LogP contribution >= 0.6 is 0 Å². The smallest absolute Gasteiger partial charge is 0.239 e. The first-order valence-electron chi connectivity index (χ1n) is 7.48. The zero-order valence-corrected chi connectivity index (χ0v) is 12.0. The second kappa shape index (κ2) is 6.26. The molecule has 3 heterocycles. The molecule has 0 spiro atoms. The predicted octanol–water partition coefficient (Wildman–Crippen LogP) is -0.452. The van der Waals surface area contributed by atoms with Crippen molar-refractivity contribution in [3.8, 4) is 0 Å². The van der Waals surface area contributed by atoms with Gasteiger partial charge in [-0.25, -0.2) is 0 Å². The fourth-order valence-corrected chi connectivity index (χ4v) is 3.04. The average Bonchev–Trinajstić information content (AvgIpc) is 3.02. The van der Waals surface area contributed by atoms with E-state index in [1.807, 2.05) is 6.07 Å². The van der Waals surface area contributed by atoms with Crippen molar-refractivity contribution in [1.29, 1.82) is 0 Å². The van der Waals surface area contributed by atoms with E-state index in [2.05, 4.69) is 20.4 Å². The second-order valence-electron chi connectivity index (χ2n) is 5.73. The summed E-state index contributed by atoms with van der Waals surface area (Å²) in [6.07, 6.45) is 3.86. The highest BCUT2D eigenvalue weighted by Crippen LogP contribution is 2.26. The Morgan fingerprint density at radius 3 is 2.81 bits per heavy atom. The molecule has 2 saturated heterocycles. The fraction of sp³-hybridized carbons (Fsp3) is 0.643. The van der Waals surface area contributed by atoms with E-state index in [1.165, 1.54) is 5.69 Å². The number of amides is 2. The molecule has 0 aromatic carbocycles. The molecule has 0 bridgehead atoms. The summed E-state index contributed by atoms with van der Waals surface area (Å²) in [5.74, 6) is 0.511. The van der Waals surface area contributed by atoms with E-state index >= 15 is 0 Å². The third-order valence-electron chi connectivity index (χ3n) is 4.30. The van der Waals surface area contributed by atoms with Crippen LogP contribution in [0.4, 0.5) is 0 Å². The molecule has 7 heteroatoms. The van der Waals surface area contributed by atoms with E-state index in [0.29, 0.717) is 25.6 Å². The highest BCUT2D eigenvalue weighted by atomic mass is 16.2. The van der Waals surface area contributed by atoms with Gasteiger partial charge in [-0.05, 0) is 32.0 Å². The van der Waals surface area contributed by atoms with E-state index in [0.717, 1.165) is 25.9 Å². The molecule has 2 fully saturated rings. The molecule has 2 aliphatic heterocycles. The lowest BCUT2D eigenvalue weighted by Gasteiger charge is -2.33. The number of piperidine rings is 1. The van der Waals surface area contributed by atoms with Crippen LogP contribution in [-0.4, -0.2) is 71.1 Å². The maximum Gasteiger partial charge on any atom is 0.239 e. The summed E-state index contributed by atoms with van der Waals surface area (Å²) in [7, 11) is 0. The van der Waals surface area contributed by atoms with Gasteiger partial charge in [0.2, 0.25) is 11.8 Å². The van der Waals surface area contributed by atoms with Crippen molar-refractivity contribution in [3.63, 3.8) is 0 Å². The second-order valence-corrected chi connectivity index (χ2v) is 5.73. The first-order valence-corrected chi connectivity index (χ1v) is 7.48. The van der Waals surface area contributed by atoms with Gasteiger partial charge >= 0.3 is 0 Å². The van der Waals surface area contributed by atoms with Crippen molar-refractivity contribution in [2.45, 2.75) is 18.8 Å². The molecule has 0 unspecified atom stereocenters. The fourth-order valence-electron chi connectivity index (χ4n) is 3.04. The Morgan fingerprint density at radius 2 is 2.14 bits per heavy atom.